The molecule has 0 bridgehead atoms. The summed E-state index contributed by atoms with van der Waals surface area (Å²) >= 11 is 0. The third kappa shape index (κ3) is 3.40. The van der Waals surface area contributed by atoms with E-state index in [2.05, 4.69) is 35.3 Å². The molecule has 0 saturated carbocycles. The third-order valence-electron chi connectivity index (χ3n) is 4.58. The lowest BCUT2D eigenvalue weighted by atomic mass is 10.00. The fourth-order valence-corrected chi connectivity index (χ4v) is 3.19. The highest BCUT2D eigenvalue weighted by atomic mass is 16.5. The minimum absolute atomic E-state index is 0.330. The molecule has 1 aromatic heterocycles. The second kappa shape index (κ2) is 7.34. The zero-order valence-electron chi connectivity index (χ0n) is 15.0. The molecular weight excluding hydrogens is 334 g/mol. The Hall–Kier alpha value is -3.59. The number of H-pyrrole nitrogens is 1. The summed E-state index contributed by atoms with van der Waals surface area (Å²) in [6.07, 6.45) is 0. The smallest absolute Gasteiger partial charge is 0.337 e. The largest absolute Gasteiger partial charge is 0.465 e. The number of hydrogen-bond donors (Lipinski definition) is 1. The van der Waals surface area contributed by atoms with Gasteiger partial charge >= 0.3 is 5.97 Å². The van der Waals surface area contributed by atoms with E-state index in [9.17, 15) is 4.79 Å². The number of hydrogen-bond acceptors (Lipinski definition) is 2. The molecular formula is C24H19NO2. The van der Waals surface area contributed by atoms with E-state index in [1.165, 1.54) is 7.11 Å². The normalized spacial score (nSPS) is 10.6. The van der Waals surface area contributed by atoms with Crippen LogP contribution in [0.4, 0.5) is 0 Å². The van der Waals surface area contributed by atoms with Crippen molar-refractivity contribution in [3.8, 4) is 33.6 Å². The Balaban J connectivity index is 1.83. The van der Waals surface area contributed by atoms with Gasteiger partial charge in [-0.1, -0.05) is 72.8 Å². The van der Waals surface area contributed by atoms with Crippen molar-refractivity contribution >= 4 is 5.97 Å². The Bertz CT molecular complexity index is 1050. The second-order valence-corrected chi connectivity index (χ2v) is 6.27. The first kappa shape index (κ1) is 16.9. The van der Waals surface area contributed by atoms with Crippen LogP contribution in [0.15, 0.2) is 91.0 Å². The molecule has 0 atom stereocenters. The Morgan fingerprint density at radius 3 is 1.93 bits per heavy atom. The van der Waals surface area contributed by atoms with Crippen LogP contribution in [0.2, 0.25) is 0 Å². The first-order valence-corrected chi connectivity index (χ1v) is 8.79. The maximum atomic E-state index is 11.7. The van der Waals surface area contributed by atoms with Crippen LogP contribution in [0.1, 0.15) is 10.4 Å². The topological polar surface area (TPSA) is 42.1 Å². The van der Waals surface area contributed by atoms with Crippen molar-refractivity contribution in [1.29, 1.82) is 0 Å². The highest BCUT2D eigenvalue weighted by Gasteiger charge is 2.14. The van der Waals surface area contributed by atoms with E-state index in [0.717, 1.165) is 33.6 Å². The van der Waals surface area contributed by atoms with Crippen LogP contribution in [0.25, 0.3) is 33.6 Å². The monoisotopic (exact) mass is 353 g/mol. The zero-order valence-corrected chi connectivity index (χ0v) is 15.0. The van der Waals surface area contributed by atoms with E-state index in [4.69, 9.17) is 4.74 Å². The number of carbonyl (C=O) groups excluding carboxylic acids is 1. The van der Waals surface area contributed by atoms with Gasteiger partial charge in [0.15, 0.2) is 0 Å². The van der Waals surface area contributed by atoms with Gasteiger partial charge in [0.05, 0.1) is 18.4 Å². The molecule has 0 amide bonds. The molecule has 3 heteroatoms. The molecule has 3 nitrogen and oxygen atoms in total. The molecule has 0 unspecified atom stereocenters. The number of rotatable bonds is 4. The lowest BCUT2D eigenvalue weighted by molar-refractivity contribution is 0.0601. The average Bonchev–Trinajstić information content (AvgIpc) is 3.20. The lowest BCUT2D eigenvalue weighted by Crippen LogP contribution is -2.00. The Kier molecular flexibility index (Phi) is 4.58. The van der Waals surface area contributed by atoms with Crippen LogP contribution in [0.5, 0.6) is 0 Å². The summed E-state index contributed by atoms with van der Waals surface area (Å²) in [6.45, 7) is 0. The molecule has 0 saturated heterocycles. The van der Waals surface area contributed by atoms with Gasteiger partial charge in [0.25, 0.3) is 0 Å². The standard InChI is InChI=1S/C24H19NO2/c1-27-24(26)20-14-12-17(13-15-20)21-16-22(18-8-4-2-5-9-18)25-23(21)19-10-6-3-7-11-19/h2-16,25H,1H3. The highest BCUT2D eigenvalue weighted by molar-refractivity contribution is 5.91. The number of aromatic amines is 1. The van der Waals surface area contributed by atoms with E-state index in [0.29, 0.717) is 5.56 Å². The van der Waals surface area contributed by atoms with Gasteiger partial charge in [-0.25, -0.2) is 4.79 Å². The molecule has 0 spiro atoms. The Morgan fingerprint density at radius 2 is 1.33 bits per heavy atom. The summed E-state index contributed by atoms with van der Waals surface area (Å²) in [7, 11) is 1.39. The molecule has 1 N–H and O–H groups in total. The summed E-state index contributed by atoms with van der Waals surface area (Å²) in [5.41, 5.74) is 7.04. The molecule has 0 radical (unpaired) electrons. The third-order valence-corrected chi connectivity index (χ3v) is 4.58. The molecule has 4 rings (SSSR count). The van der Waals surface area contributed by atoms with Crippen molar-refractivity contribution in [3.05, 3.63) is 96.6 Å². The molecule has 0 fully saturated rings. The number of aromatic nitrogens is 1. The van der Waals surface area contributed by atoms with Crippen LogP contribution in [0.3, 0.4) is 0 Å². The van der Waals surface area contributed by atoms with Gasteiger partial charge in [0.2, 0.25) is 0 Å². The number of nitrogens with one attached hydrogen (secondary N) is 1. The Labute approximate surface area is 158 Å². The average molecular weight is 353 g/mol. The van der Waals surface area contributed by atoms with E-state index < -0.39 is 0 Å². The first-order chi connectivity index (χ1) is 13.3. The van der Waals surface area contributed by atoms with Gasteiger partial charge in [-0.05, 0) is 34.9 Å². The minimum atomic E-state index is -0.330. The van der Waals surface area contributed by atoms with Crippen molar-refractivity contribution in [2.45, 2.75) is 0 Å². The first-order valence-electron chi connectivity index (χ1n) is 8.79. The van der Waals surface area contributed by atoms with Crippen LogP contribution in [0, 0.1) is 0 Å². The molecule has 4 aromatic rings. The highest BCUT2D eigenvalue weighted by Crippen LogP contribution is 2.35. The predicted molar refractivity (Wildman–Crippen MR) is 108 cm³/mol. The number of esters is 1. The van der Waals surface area contributed by atoms with Gasteiger partial charge in [0, 0.05) is 11.3 Å². The van der Waals surface area contributed by atoms with Crippen LogP contribution in [-0.4, -0.2) is 18.1 Å². The molecule has 27 heavy (non-hydrogen) atoms. The van der Waals surface area contributed by atoms with E-state index in [1.807, 2.05) is 48.5 Å². The van der Waals surface area contributed by atoms with Gasteiger partial charge in [-0.2, -0.15) is 0 Å². The summed E-state index contributed by atoms with van der Waals surface area (Å²) < 4.78 is 4.79. The van der Waals surface area contributed by atoms with Gasteiger partial charge in [-0.3, -0.25) is 0 Å². The minimum Gasteiger partial charge on any atom is -0.465 e. The van der Waals surface area contributed by atoms with E-state index in [1.54, 1.807) is 12.1 Å². The van der Waals surface area contributed by atoms with Gasteiger partial charge in [-0.15, -0.1) is 0 Å². The fourth-order valence-electron chi connectivity index (χ4n) is 3.19. The number of carbonyl (C=O) groups is 1. The fraction of sp³-hybridized carbons (Fsp3) is 0.0417. The van der Waals surface area contributed by atoms with Crippen molar-refractivity contribution in [3.63, 3.8) is 0 Å². The zero-order chi connectivity index (χ0) is 18.6. The van der Waals surface area contributed by atoms with Gasteiger partial charge < -0.3 is 9.72 Å². The summed E-state index contributed by atoms with van der Waals surface area (Å²) in [6, 6.07) is 30.2. The Morgan fingerprint density at radius 1 is 0.741 bits per heavy atom. The summed E-state index contributed by atoms with van der Waals surface area (Å²) in [5.74, 6) is -0.330. The van der Waals surface area contributed by atoms with E-state index in [-0.39, 0.29) is 5.97 Å². The molecule has 0 aliphatic heterocycles. The van der Waals surface area contributed by atoms with Gasteiger partial charge in [0.1, 0.15) is 0 Å². The van der Waals surface area contributed by atoms with Crippen molar-refractivity contribution in [1.82, 2.24) is 4.98 Å². The van der Waals surface area contributed by atoms with Crippen LogP contribution >= 0.6 is 0 Å². The molecule has 132 valence electrons. The summed E-state index contributed by atoms with van der Waals surface area (Å²) in [5, 5.41) is 0. The summed E-state index contributed by atoms with van der Waals surface area (Å²) in [4.78, 5) is 15.3. The predicted octanol–water partition coefficient (Wildman–Crippen LogP) is 5.80. The number of benzene rings is 3. The maximum Gasteiger partial charge on any atom is 0.337 e. The molecule has 0 aliphatic rings. The van der Waals surface area contributed by atoms with Crippen molar-refractivity contribution in [2.75, 3.05) is 7.11 Å². The number of methoxy groups -OCH3 is 1. The lowest BCUT2D eigenvalue weighted by Gasteiger charge is -2.06. The van der Waals surface area contributed by atoms with Crippen LogP contribution in [-0.2, 0) is 4.74 Å². The number of ether oxygens (including phenoxy) is 1. The maximum absolute atomic E-state index is 11.7. The second-order valence-electron chi connectivity index (χ2n) is 6.27. The molecule has 0 aliphatic carbocycles. The van der Waals surface area contributed by atoms with Crippen molar-refractivity contribution < 1.29 is 9.53 Å². The quantitative estimate of drug-likeness (QED) is 0.471. The molecule has 1 heterocycles. The molecule has 3 aromatic carbocycles. The SMILES string of the molecule is COC(=O)c1ccc(-c2cc(-c3ccccc3)[nH]c2-c2ccccc2)cc1. The van der Waals surface area contributed by atoms with Crippen molar-refractivity contribution in [2.24, 2.45) is 0 Å². The van der Waals surface area contributed by atoms with E-state index >= 15 is 0 Å². The van der Waals surface area contributed by atoms with Crippen LogP contribution < -0.4 is 0 Å².